The SMILES string of the molecule is COCC1(OC)C(C)OC(O)(c2cnc3c(SC)nc(SC)nn23)C1(C)F. The van der Waals surface area contributed by atoms with Gasteiger partial charge in [0.05, 0.1) is 18.9 Å². The van der Waals surface area contributed by atoms with Gasteiger partial charge in [0.25, 0.3) is 0 Å². The number of hydrogen-bond donors (Lipinski definition) is 1. The van der Waals surface area contributed by atoms with Crippen molar-refractivity contribution in [2.45, 2.75) is 47.2 Å². The van der Waals surface area contributed by atoms with Gasteiger partial charge in [0.2, 0.25) is 16.6 Å². The maximum atomic E-state index is 16.2. The quantitative estimate of drug-likeness (QED) is 0.706. The topological polar surface area (TPSA) is 91.0 Å². The van der Waals surface area contributed by atoms with E-state index in [0.29, 0.717) is 15.8 Å². The highest BCUT2D eigenvalue weighted by Gasteiger charge is 2.74. The monoisotopic (exact) mass is 418 g/mol. The van der Waals surface area contributed by atoms with E-state index in [1.165, 1.54) is 55.4 Å². The molecule has 1 N–H and O–H groups in total. The Hall–Kier alpha value is -0.980. The minimum Gasteiger partial charge on any atom is -0.381 e. The third kappa shape index (κ3) is 2.70. The van der Waals surface area contributed by atoms with Crippen LogP contribution in [0.2, 0.25) is 0 Å². The van der Waals surface area contributed by atoms with E-state index in [0.717, 1.165) is 0 Å². The maximum absolute atomic E-state index is 16.2. The second-order valence-electron chi connectivity index (χ2n) is 6.42. The second-order valence-corrected chi connectivity index (χ2v) is 7.99. The van der Waals surface area contributed by atoms with Crippen LogP contribution in [0.5, 0.6) is 0 Å². The van der Waals surface area contributed by atoms with Crippen LogP contribution in [0.3, 0.4) is 0 Å². The summed E-state index contributed by atoms with van der Waals surface area (Å²) in [5.41, 5.74) is -3.39. The molecule has 1 aliphatic rings. The van der Waals surface area contributed by atoms with Crippen LogP contribution in [-0.4, -0.2) is 75.4 Å². The lowest BCUT2D eigenvalue weighted by Gasteiger charge is -2.40. The first-order valence-electron chi connectivity index (χ1n) is 8.19. The zero-order chi connectivity index (χ0) is 20.0. The first-order chi connectivity index (χ1) is 12.7. The number of methoxy groups -OCH3 is 2. The van der Waals surface area contributed by atoms with E-state index in [1.807, 2.05) is 12.5 Å². The van der Waals surface area contributed by atoms with E-state index >= 15 is 4.39 Å². The number of aliphatic hydroxyl groups is 1. The Morgan fingerprint density at radius 2 is 2.07 bits per heavy atom. The van der Waals surface area contributed by atoms with Gasteiger partial charge < -0.3 is 19.3 Å². The zero-order valence-corrected chi connectivity index (χ0v) is 17.7. The van der Waals surface area contributed by atoms with Crippen molar-refractivity contribution in [3.8, 4) is 0 Å². The fourth-order valence-corrected chi connectivity index (χ4v) is 4.51. The molecule has 0 aliphatic carbocycles. The van der Waals surface area contributed by atoms with Gasteiger partial charge in [-0.2, -0.15) is 0 Å². The van der Waals surface area contributed by atoms with Crippen molar-refractivity contribution in [2.75, 3.05) is 33.3 Å². The Morgan fingerprint density at radius 3 is 2.63 bits per heavy atom. The molecule has 1 aliphatic heterocycles. The van der Waals surface area contributed by atoms with Gasteiger partial charge in [-0.1, -0.05) is 11.8 Å². The van der Waals surface area contributed by atoms with Crippen LogP contribution in [0, 0.1) is 0 Å². The Kier molecular flexibility index (Phi) is 5.47. The van der Waals surface area contributed by atoms with Crippen LogP contribution in [-0.2, 0) is 20.0 Å². The number of halogens is 1. The summed E-state index contributed by atoms with van der Waals surface area (Å²) in [5.74, 6) is -2.35. The molecule has 150 valence electrons. The Morgan fingerprint density at radius 1 is 1.37 bits per heavy atom. The van der Waals surface area contributed by atoms with Gasteiger partial charge in [-0.25, -0.2) is 18.9 Å². The van der Waals surface area contributed by atoms with Crippen molar-refractivity contribution in [3.63, 3.8) is 0 Å². The molecular weight excluding hydrogens is 395 g/mol. The van der Waals surface area contributed by atoms with Crippen molar-refractivity contribution in [2.24, 2.45) is 0 Å². The fraction of sp³-hybridized carbons (Fsp3) is 0.688. The van der Waals surface area contributed by atoms with Gasteiger partial charge in [-0.15, -0.1) is 16.9 Å². The summed E-state index contributed by atoms with van der Waals surface area (Å²) in [4.78, 5) is 8.69. The van der Waals surface area contributed by atoms with E-state index in [-0.39, 0.29) is 12.3 Å². The largest absolute Gasteiger partial charge is 0.381 e. The molecule has 0 radical (unpaired) electrons. The van der Waals surface area contributed by atoms with Gasteiger partial charge in [0, 0.05) is 14.2 Å². The van der Waals surface area contributed by atoms with Crippen LogP contribution in [0.1, 0.15) is 19.5 Å². The fourth-order valence-electron chi connectivity index (χ4n) is 3.61. The summed E-state index contributed by atoms with van der Waals surface area (Å²) in [6, 6.07) is 0. The predicted octanol–water partition coefficient (Wildman–Crippen LogP) is 1.89. The standard InChI is InChI=1S/C16H23FN4O4S2/c1-9-15(24-4,8-23-3)14(2,17)16(22,25-9)10-7-18-11-12(26-5)19-13(27-6)20-21(10)11/h7,9,22H,8H2,1-6H3. The molecule has 11 heteroatoms. The van der Waals surface area contributed by atoms with Gasteiger partial charge in [-0.05, 0) is 26.4 Å². The molecule has 2 aromatic heterocycles. The number of ether oxygens (including phenoxy) is 3. The van der Waals surface area contributed by atoms with Gasteiger partial charge >= 0.3 is 0 Å². The highest BCUT2D eigenvalue weighted by molar-refractivity contribution is 7.99. The summed E-state index contributed by atoms with van der Waals surface area (Å²) in [6.07, 6.45) is 4.25. The second kappa shape index (κ2) is 7.12. The normalized spacial score (nSPS) is 33.9. The number of thioether (sulfide) groups is 2. The lowest BCUT2D eigenvalue weighted by atomic mass is 9.79. The molecule has 8 nitrogen and oxygen atoms in total. The zero-order valence-electron chi connectivity index (χ0n) is 16.0. The Labute approximate surface area is 165 Å². The minimum absolute atomic E-state index is 0.0670. The third-order valence-corrected chi connectivity index (χ3v) is 6.39. The molecular formula is C16H23FN4O4S2. The maximum Gasteiger partial charge on any atom is 0.250 e. The summed E-state index contributed by atoms with van der Waals surface area (Å²) >= 11 is 2.72. The summed E-state index contributed by atoms with van der Waals surface area (Å²) in [6.45, 7) is 2.78. The van der Waals surface area contributed by atoms with Crippen molar-refractivity contribution < 1.29 is 23.7 Å². The molecule has 1 saturated heterocycles. The number of fused-ring (bicyclic) bond motifs is 1. The molecule has 4 unspecified atom stereocenters. The van der Waals surface area contributed by atoms with Crippen molar-refractivity contribution in [1.29, 1.82) is 0 Å². The molecule has 0 bridgehead atoms. The highest BCUT2D eigenvalue weighted by Crippen LogP contribution is 2.54. The first-order valence-corrected chi connectivity index (χ1v) is 10.6. The highest BCUT2D eigenvalue weighted by atomic mass is 32.2. The van der Waals surface area contributed by atoms with Gasteiger partial charge in [0.15, 0.2) is 11.2 Å². The molecule has 4 atom stereocenters. The van der Waals surface area contributed by atoms with E-state index in [2.05, 4.69) is 15.1 Å². The third-order valence-electron chi connectivity index (χ3n) is 5.19. The predicted molar refractivity (Wildman–Crippen MR) is 99.9 cm³/mol. The lowest BCUT2D eigenvalue weighted by Crippen LogP contribution is -2.61. The van der Waals surface area contributed by atoms with E-state index < -0.39 is 23.2 Å². The molecule has 0 aromatic carbocycles. The Bertz CT molecular complexity index is 851. The number of imidazole rings is 1. The van der Waals surface area contributed by atoms with Crippen molar-refractivity contribution in [1.82, 2.24) is 19.6 Å². The molecule has 3 rings (SSSR count). The van der Waals surface area contributed by atoms with Crippen LogP contribution >= 0.6 is 23.5 Å². The average Bonchev–Trinajstić information content (AvgIpc) is 3.13. The number of aromatic nitrogens is 4. The van der Waals surface area contributed by atoms with Crippen LogP contribution in [0.25, 0.3) is 5.65 Å². The number of hydrogen-bond acceptors (Lipinski definition) is 9. The first kappa shape index (κ1) is 20.7. The van der Waals surface area contributed by atoms with E-state index in [4.69, 9.17) is 14.2 Å². The number of rotatable bonds is 6. The van der Waals surface area contributed by atoms with Crippen LogP contribution < -0.4 is 0 Å². The van der Waals surface area contributed by atoms with Crippen LogP contribution in [0.15, 0.2) is 16.4 Å². The van der Waals surface area contributed by atoms with Crippen molar-refractivity contribution in [3.05, 3.63) is 11.9 Å². The Balaban J connectivity index is 2.24. The van der Waals surface area contributed by atoms with Crippen LogP contribution in [0.4, 0.5) is 4.39 Å². The minimum atomic E-state index is -2.36. The number of nitrogens with zero attached hydrogens (tertiary/aromatic N) is 4. The van der Waals surface area contributed by atoms with Crippen molar-refractivity contribution >= 4 is 29.2 Å². The average molecular weight is 419 g/mol. The molecule has 0 saturated carbocycles. The van der Waals surface area contributed by atoms with E-state index in [9.17, 15) is 5.11 Å². The van der Waals surface area contributed by atoms with Gasteiger partial charge in [0.1, 0.15) is 10.7 Å². The summed E-state index contributed by atoms with van der Waals surface area (Å²) in [7, 11) is 2.81. The molecule has 2 aromatic rings. The molecule has 0 amide bonds. The van der Waals surface area contributed by atoms with E-state index in [1.54, 1.807) is 6.92 Å². The molecule has 1 fully saturated rings. The molecule has 0 spiro atoms. The number of alkyl halides is 1. The molecule has 27 heavy (non-hydrogen) atoms. The summed E-state index contributed by atoms with van der Waals surface area (Å²) in [5, 5.41) is 16.9. The lowest BCUT2D eigenvalue weighted by molar-refractivity contribution is -0.258. The smallest absolute Gasteiger partial charge is 0.250 e. The van der Waals surface area contributed by atoms with Gasteiger partial charge in [-0.3, -0.25) is 0 Å². The molecule has 3 heterocycles. The summed E-state index contributed by atoms with van der Waals surface area (Å²) < 4.78 is 34.0.